The van der Waals surface area contributed by atoms with E-state index >= 15 is 0 Å². The largest absolute Gasteiger partial charge is 0.396 e. The van der Waals surface area contributed by atoms with Crippen LogP contribution in [0.25, 0.3) is 0 Å². The summed E-state index contributed by atoms with van der Waals surface area (Å²) in [6, 6.07) is 10.5. The summed E-state index contributed by atoms with van der Waals surface area (Å²) in [6.45, 7) is 13.3. The van der Waals surface area contributed by atoms with Crippen LogP contribution in [0.2, 0.25) is 0 Å². The molecule has 0 radical (unpaired) electrons. The van der Waals surface area contributed by atoms with Crippen LogP contribution in [0.1, 0.15) is 49.2 Å². The molecule has 0 amide bonds. The molecule has 2 rings (SSSR count). The average Bonchev–Trinajstić information content (AvgIpc) is 2.86. The Morgan fingerprint density at radius 3 is 2.42 bits per heavy atom. The van der Waals surface area contributed by atoms with Gasteiger partial charge in [0.05, 0.1) is 5.69 Å². The number of hydrogen-bond donors (Lipinski definition) is 2. The monoisotopic (exact) mass is 329 g/mol. The molecule has 0 spiro atoms. The van der Waals surface area contributed by atoms with Crippen molar-refractivity contribution in [3.8, 4) is 0 Å². The molecule has 1 unspecified atom stereocenters. The zero-order chi connectivity index (χ0) is 17.7. The first-order valence-corrected chi connectivity index (χ1v) is 8.80. The molecule has 1 heterocycles. The molecule has 4 heteroatoms. The Morgan fingerprint density at radius 2 is 1.88 bits per heavy atom. The summed E-state index contributed by atoms with van der Waals surface area (Å²) >= 11 is 0. The lowest BCUT2D eigenvalue weighted by Crippen LogP contribution is -2.34. The van der Waals surface area contributed by atoms with E-state index in [0.717, 1.165) is 25.3 Å². The van der Waals surface area contributed by atoms with Gasteiger partial charge in [-0.3, -0.25) is 4.68 Å². The van der Waals surface area contributed by atoms with Crippen LogP contribution in [-0.4, -0.2) is 28.0 Å². The van der Waals surface area contributed by atoms with Crippen molar-refractivity contribution >= 4 is 0 Å². The molecule has 4 nitrogen and oxygen atoms in total. The summed E-state index contributed by atoms with van der Waals surface area (Å²) < 4.78 is 2.05. The Hall–Kier alpha value is -1.65. The number of nitrogens with zero attached hydrogens (tertiary/aromatic N) is 2. The molecule has 0 saturated heterocycles. The van der Waals surface area contributed by atoms with Crippen molar-refractivity contribution in [1.82, 2.24) is 15.1 Å². The van der Waals surface area contributed by atoms with Crippen LogP contribution in [0.5, 0.6) is 0 Å². The molecule has 132 valence electrons. The minimum Gasteiger partial charge on any atom is -0.396 e. The second-order valence-electron chi connectivity index (χ2n) is 7.21. The van der Waals surface area contributed by atoms with Gasteiger partial charge in [0.25, 0.3) is 0 Å². The molecule has 24 heavy (non-hydrogen) atoms. The SMILES string of the molecule is CCn1nc(C)c(CNCC(c2ccccc2)C(C)(C)CO)c1C. The lowest BCUT2D eigenvalue weighted by Gasteiger charge is -2.33. The van der Waals surface area contributed by atoms with E-state index in [0.29, 0.717) is 0 Å². The number of aliphatic hydroxyl groups excluding tert-OH is 1. The molecule has 0 aliphatic rings. The van der Waals surface area contributed by atoms with Crippen LogP contribution < -0.4 is 5.32 Å². The van der Waals surface area contributed by atoms with E-state index < -0.39 is 0 Å². The normalized spacial score (nSPS) is 13.2. The molecule has 0 aliphatic carbocycles. The molecule has 0 saturated carbocycles. The van der Waals surface area contributed by atoms with Gasteiger partial charge < -0.3 is 10.4 Å². The second kappa shape index (κ2) is 7.95. The number of rotatable bonds is 8. The Balaban J connectivity index is 2.11. The highest BCUT2D eigenvalue weighted by molar-refractivity contribution is 5.25. The third kappa shape index (κ3) is 4.05. The maximum absolute atomic E-state index is 9.82. The van der Waals surface area contributed by atoms with E-state index in [1.165, 1.54) is 16.8 Å². The first-order chi connectivity index (χ1) is 11.4. The van der Waals surface area contributed by atoms with Gasteiger partial charge in [0.15, 0.2) is 0 Å². The molecule has 1 aromatic carbocycles. The molecule has 0 bridgehead atoms. The summed E-state index contributed by atoms with van der Waals surface area (Å²) in [7, 11) is 0. The van der Waals surface area contributed by atoms with Gasteiger partial charge in [-0.25, -0.2) is 0 Å². The predicted molar refractivity (Wildman–Crippen MR) is 99.1 cm³/mol. The van der Waals surface area contributed by atoms with Gasteiger partial charge in [-0.05, 0) is 31.7 Å². The Labute approximate surface area is 145 Å². The van der Waals surface area contributed by atoms with E-state index in [2.05, 4.69) is 74.0 Å². The first-order valence-electron chi connectivity index (χ1n) is 8.80. The van der Waals surface area contributed by atoms with Gasteiger partial charge in [-0.2, -0.15) is 5.10 Å². The van der Waals surface area contributed by atoms with Crippen molar-refractivity contribution in [3.63, 3.8) is 0 Å². The minimum absolute atomic E-state index is 0.167. The number of hydrogen-bond acceptors (Lipinski definition) is 3. The Morgan fingerprint density at radius 1 is 1.21 bits per heavy atom. The smallest absolute Gasteiger partial charge is 0.0641 e. The highest BCUT2D eigenvalue weighted by Gasteiger charge is 2.30. The molecular formula is C20H31N3O. The van der Waals surface area contributed by atoms with E-state index in [4.69, 9.17) is 0 Å². The van der Waals surface area contributed by atoms with Crippen LogP contribution in [0, 0.1) is 19.3 Å². The van der Waals surface area contributed by atoms with Crippen LogP contribution in [0.3, 0.4) is 0 Å². The molecule has 0 fully saturated rings. The highest BCUT2D eigenvalue weighted by Crippen LogP contribution is 2.34. The van der Waals surface area contributed by atoms with Crippen LogP contribution in [-0.2, 0) is 13.1 Å². The van der Waals surface area contributed by atoms with Gasteiger partial charge in [0, 0.05) is 43.4 Å². The quantitative estimate of drug-likeness (QED) is 0.780. The standard InChI is InChI=1S/C20H31N3O/c1-6-23-16(3)18(15(2)22-23)12-21-13-19(20(4,5)14-24)17-10-8-7-9-11-17/h7-11,19,21,24H,6,12-14H2,1-5H3. The average molecular weight is 329 g/mol. The third-order valence-electron chi connectivity index (χ3n) is 5.03. The minimum atomic E-state index is -0.175. The van der Waals surface area contributed by atoms with Crippen molar-refractivity contribution in [3.05, 3.63) is 52.8 Å². The van der Waals surface area contributed by atoms with Gasteiger partial charge >= 0.3 is 0 Å². The zero-order valence-corrected chi connectivity index (χ0v) is 15.6. The first kappa shape index (κ1) is 18.7. The molecular weight excluding hydrogens is 298 g/mol. The highest BCUT2D eigenvalue weighted by atomic mass is 16.3. The topological polar surface area (TPSA) is 50.1 Å². The Bertz CT molecular complexity index is 646. The van der Waals surface area contributed by atoms with E-state index in [9.17, 15) is 5.11 Å². The van der Waals surface area contributed by atoms with Crippen molar-refractivity contribution < 1.29 is 5.11 Å². The van der Waals surface area contributed by atoms with Crippen LogP contribution in [0.15, 0.2) is 30.3 Å². The second-order valence-corrected chi connectivity index (χ2v) is 7.21. The summed E-state index contributed by atoms with van der Waals surface area (Å²) in [5.74, 6) is 0.255. The Kier molecular flexibility index (Phi) is 6.19. The lowest BCUT2D eigenvalue weighted by molar-refractivity contribution is 0.129. The number of aryl methyl sites for hydroxylation is 2. The number of nitrogens with one attached hydrogen (secondary N) is 1. The van der Waals surface area contributed by atoms with Gasteiger partial charge in [-0.15, -0.1) is 0 Å². The van der Waals surface area contributed by atoms with Crippen LogP contribution >= 0.6 is 0 Å². The summed E-state index contributed by atoms with van der Waals surface area (Å²) in [5.41, 5.74) is 4.71. The summed E-state index contributed by atoms with van der Waals surface area (Å²) in [4.78, 5) is 0. The third-order valence-corrected chi connectivity index (χ3v) is 5.03. The van der Waals surface area contributed by atoms with Crippen molar-refractivity contribution in [2.24, 2.45) is 5.41 Å². The van der Waals surface area contributed by atoms with Gasteiger partial charge in [0.2, 0.25) is 0 Å². The number of benzene rings is 1. The molecule has 2 aromatic rings. The lowest BCUT2D eigenvalue weighted by atomic mass is 9.75. The van der Waals surface area contributed by atoms with Crippen molar-refractivity contribution in [2.45, 2.75) is 53.6 Å². The number of aliphatic hydroxyl groups is 1. The molecule has 2 N–H and O–H groups in total. The maximum atomic E-state index is 9.82. The fourth-order valence-electron chi connectivity index (χ4n) is 3.28. The van der Waals surface area contributed by atoms with E-state index in [-0.39, 0.29) is 17.9 Å². The predicted octanol–water partition coefficient (Wildman–Crippen LogP) is 3.41. The molecule has 1 atom stereocenters. The van der Waals surface area contributed by atoms with E-state index in [1.54, 1.807) is 0 Å². The fourth-order valence-corrected chi connectivity index (χ4v) is 3.28. The maximum Gasteiger partial charge on any atom is 0.0641 e. The van der Waals surface area contributed by atoms with Gasteiger partial charge in [-0.1, -0.05) is 44.2 Å². The van der Waals surface area contributed by atoms with Crippen molar-refractivity contribution in [1.29, 1.82) is 0 Å². The van der Waals surface area contributed by atoms with E-state index in [1.807, 2.05) is 6.07 Å². The zero-order valence-electron chi connectivity index (χ0n) is 15.6. The van der Waals surface area contributed by atoms with Gasteiger partial charge in [0.1, 0.15) is 0 Å². The fraction of sp³-hybridized carbons (Fsp3) is 0.550. The van der Waals surface area contributed by atoms with Crippen LogP contribution in [0.4, 0.5) is 0 Å². The molecule has 1 aromatic heterocycles. The molecule has 0 aliphatic heterocycles. The summed E-state index contributed by atoms with van der Waals surface area (Å²) in [6.07, 6.45) is 0. The number of aromatic nitrogens is 2. The van der Waals surface area contributed by atoms with Crippen molar-refractivity contribution in [2.75, 3.05) is 13.2 Å². The summed E-state index contributed by atoms with van der Waals surface area (Å²) in [5, 5.41) is 18.0.